The fraction of sp³-hybridized carbons (Fsp3) is 0.0741. The molecule has 0 aliphatic rings. The zero-order valence-electron chi connectivity index (χ0n) is 18.9. The smallest absolute Gasteiger partial charge is 0.416 e. The molecular formula is C27H19F3N4O2. The first kappa shape index (κ1) is 23.1. The maximum atomic E-state index is 13.3. The lowest BCUT2D eigenvalue weighted by Gasteiger charge is -2.17. The average molecular weight is 488 g/mol. The number of aromatic nitrogens is 2. The van der Waals surface area contributed by atoms with Gasteiger partial charge in [-0.15, -0.1) is 0 Å². The van der Waals surface area contributed by atoms with Gasteiger partial charge in [0, 0.05) is 22.7 Å². The van der Waals surface area contributed by atoms with Crippen LogP contribution in [0.2, 0.25) is 0 Å². The summed E-state index contributed by atoms with van der Waals surface area (Å²) in [7, 11) is 1.44. The van der Waals surface area contributed by atoms with Crippen LogP contribution < -0.4 is 15.8 Å². The topological polar surface area (TPSA) is 90.1 Å². The van der Waals surface area contributed by atoms with E-state index in [-0.39, 0.29) is 17.2 Å². The Kier molecular flexibility index (Phi) is 5.68. The minimum absolute atomic E-state index is 0.0204. The molecule has 0 bridgehead atoms. The zero-order chi connectivity index (χ0) is 25.4. The second-order valence-electron chi connectivity index (χ2n) is 8.09. The van der Waals surface area contributed by atoms with E-state index in [1.54, 1.807) is 12.3 Å². The molecule has 1 aromatic heterocycles. The van der Waals surface area contributed by atoms with Crippen LogP contribution in [0.5, 0.6) is 5.75 Å². The Balaban J connectivity index is 1.64. The maximum Gasteiger partial charge on any atom is 0.416 e. The number of rotatable bonds is 4. The van der Waals surface area contributed by atoms with Crippen LogP contribution in [0, 0.1) is 0 Å². The van der Waals surface area contributed by atoms with Crippen molar-refractivity contribution in [1.29, 1.82) is 0 Å². The number of hydrogen-bond donors (Lipinski definition) is 2. The minimum atomic E-state index is -4.53. The average Bonchev–Trinajstić information content (AvgIpc) is 2.87. The van der Waals surface area contributed by atoms with E-state index in [2.05, 4.69) is 15.3 Å². The number of halogens is 3. The van der Waals surface area contributed by atoms with Crippen LogP contribution in [0.15, 0.2) is 79.0 Å². The number of methoxy groups -OCH3 is 1. The van der Waals surface area contributed by atoms with Gasteiger partial charge in [0.2, 0.25) is 5.95 Å². The molecule has 180 valence electrons. The van der Waals surface area contributed by atoms with Gasteiger partial charge in [-0.25, -0.2) is 9.97 Å². The number of carbonyl (C=O) groups is 1. The third-order valence-electron chi connectivity index (χ3n) is 5.80. The molecule has 0 aliphatic heterocycles. The first-order chi connectivity index (χ1) is 17.2. The summed E-state index contributed by atoms with van der Waals surface area (Å²) >= 11 is 0. The number of amides is 1. The molecule has 9 heteroatoms. The molecule has 0 spiro atoms. The largest absolute Gasteiger partial charge is 0.495 e. The number of fused-ring (bicyclic) bond motifs is 2. The molecule has 1 heterocycles. The Bertz CT molecular complexity index is 1630. The maximum absolute atomic E-state index is 13.3. The van der Waals surface area contributed by atoms with Crippen LogP contribution >= 0.6 is 0 Å². The third-order valence-corrected chi connectivity index (χ3v) is 5.80. The highest BCUT2D eigenvalue weighted by Crippen LogP contribution is 2.39. The fourth-order valence-electron chi connectivity index (χ4n) is 4.16. The fourth-order valence-corrected chi connectivity index (χ4v) is 4.16. The van der Waals surface area contributed by atoms with E-state index in [1.807, 2.05) is 42.5 Å². The Labute approximate surface area is 203 Å². The lowest BCUT2D eigenvalue weighted by Crippen LogP contribution is -2.14. The number of nitrogen functional groups attached to an aromatic ring is 1. The summed E-state index contributed by atoms with van der Waals surface area (Å²) in [5.74, 6) is -0.121. The highest BCUT2D eigenvalue weighted by atomic mass is 19.4. The van der Waals surface area contributed by atoms with Crippen LogP contribution in [0.1, 0.15) is 15.9 Å². The number of nitrogens with two attached hydrogens (primary N) is 1. The monoisotopic (exact) mass is 488 g/mol. The zero-order valence-corrected chi connectivity index (χ0v) is 18.9. The molecule has 0 saturated heterocycles. The van der Waals surface area contributed by atoms with Gasteiger partial charge >= 0.3 is 6.18 Å². The predicted octanol–water partition coefficient (Wildman–Crippen LogP) is 6.31. The van der Waals surface area contributed by atoms with Crippen LogP contribution in [-0.2, 0) is 6.18 Å². The van der Waals surface area contributed by atoms with Crippen LogP contribution in [0.4, 0.5) is 24.8 Å². The second-order valence-corrected chi connectivity index (χ2v) is 8.09. The molecule has 36 heavy (non-hydrogen) atoms. The standard InChI is InChI=1S/C27H19F3N4O2/c1-36-24-20-8-3-2-7-19(20)21(15-9-10-23-16(11-15)14-32-26(31)34-23)13-22(24)25(35)33-18-6-4-5-17(12-18)27(28,29)30/h2-14H,1H3,(H,33,35)(H2,31,32,34). The van der Waals surface area contributed by atoms with Crippen molar-refractivity contribution in [3.63, 3.8) is 0 Å². The first-order valence-corrected chi connectivity index (χ1v) is 10.9. The highest BCUT2D eigenvalue weighted by Gasteiger charge is 2.30. The SMILES string of the molecule is COc1c(C(=O)Nc2cccc(C(F)(F)F)c2)cc(-c2ccc3nc(N)ncc3c2)c2ccccc12. The Hall–Kier alpha value is -4.66. The van der Waals surface area contributed by atoms with Crippen molar-refractivity contribution in [2.24, 2.45) is 0 Å². The van der Waals surface area contributed by atoms with Crippen molar-refractivity contribution >= 4 is 39.2 Å². The lowest BCUT2D eigenvalue weighted by atomic mass is 9.93. The van der Waals surface area contributed by atoms with Gasteiger partial charge in [-0.3, -0.25) is 4.79 Å². The summed E-state index contributed by atoms with van der Waals surface area (Å²) in [5.41, 5.74) is 7.23. The van der Waals surface area contributed by atoms with Gasteiger partial charge in [-0.1, -0.05) is 36.4 Å². The summed E-state index contributed by atoms with van der Waals surface area (Å²) in [4.78, 5) is 21.6. The molecule has 0 atom stereocenters. The molecule has 5 rings (SSSR count). The van der Waals surface area contributed by atoms with Crippen molar-refractivity contribution in [2.75, 3.05) is 18.2 Å². The number of alkyl halides is 3. The Morgan fingerprint density at radius 1 is 0.972 bits per heavy atom. The lowest BCUT2D eigenvalue weighted by molar-refractivity contribution is -0.137. The van der Waals surface area contributed by atoms with Crippen molar-refractivity contribution in [1.82, 2.24) is 9.97 Å². The van der Waals surface area contributed by atoms with E-state index in [1.165, 1.54) is 19.2 Å². The second kappa shape index (κ2) is 8.84. The van der Waals surface area contributed by atoms with Gasteiger partial charge in [-0.05, 0) is 52.9 Å². The van der Waals surface area contributed by atoms with Crippen molar-refractivity contribution in [2.45, 2.75) is 6.18 Å². The number of nitrogens with zero attached hydrogens (tertiary/aromatic N) is 2. The summed E-state index contributed by atoms with van der Waals surface area (Å²) in [6.07, 6.45) is -2.91. The molecule has 0 unspecified atom stereocenters. The molecule has 5 aromatic rings. The number of anilines is 2. The van der Waals surface area contributed by atoms with E-state index in [0.29, 0.717) is 16.7 Å². The van der Waals surface area contributed by atoms with E-state index < -0.39 is 17.6 Å². The van der Waals surface area contributed by atoms with Crippen LogP contribution in [0.25, 0.3) is 32.8 Å². The van der Waals surface area contributed by atoms with Crippen LogP contribution in [0.3, 0.4) is 0 Å². The molecule has 0 fully saturated rings. The highest BCUT2D eigenvalue weighted by molar-refractivity contribution is 6.13. The first-order valence-electron chi connectivity index (χ1n) is 10.9. The van der Waals surface area contributed by atoms with Crippen molar-refractivity contribution < 1.29 is 22.7 Å². The molecule has 6 nitrogen and oxygen atoms in total. The molecule has 1 amide bonds. The van der Waals surface area contributed by atoms with E-state index in [4.69, 9.17) is 10.5 Å². The molecular weight excluding hydrogens is 469 g/mol. The minimum Gasteiger partial charge on any atom is -0.495 e. The molecule has 0 aliphatic carbocycles. The third kappa shape index (κ3) is 4.26. The Morgan fingerprint density at radius 2 is 1.75 bits per heavy atom. The number of nitrogens with one attached hydrogen (secondary N) is 1. The summed E-state index contributed by atoms with van der Waals surface area (Å²) in [6.45, 7) is 0. The predicted molar refractivity (Wildman–Crippen MR) is 133 cm³/mol. The summed E-state index contributed by atoms with van der Waals surface area (Å²) in [5, 5.41) is 4.85. The van der Waals surface area contributed by atoms with Gasteiger partial charge in [0.1, 0.15) is 5.75 Å². The van der Waals surface area contributed by atoms with E-state index in [0.717, 1.165) is 34.0 Å². The molecule has 4 aromatic carbocycles. The summed E-state index contributed by atoms with van der Waals surface area (Å²) < 4.78 is 45.0. The Morgan fingerprint density at radius 3 is 2.50 bits per heavy atom. The summed E-state index contributed by atoms with van der Waals surface area (Å²) in [6, 6.07) is 19.1. The van der Waals surface area contributed by atoms with E-state index >= 15 is 0 Å². The molecule has 0 saturated carbocycles. The molecule has 0 radical (unpaired) electrons. The number of ether oxygens (including phenoxy) is 1. The number of carbonyl (C=O) groups excluding carboxylic acids is 1. The molecule has 3 N–H and O–H groups in total. The van der Waals surface area contributed by atoms with Crippen molar-refractivity contribution in [3.05, 3.63) is 90.1 Å². The van der Waals surface area contributed by atoms with Gasteiger partial charge in [-0.2, -0.15) is 13.2 Å². The van der Waals surface area contributed by atoms with Gasteiger partial charge in [0.25, 0.3) is 5.91 Å². The van der Waals surface area contributed by atoms with E-state index in [9.17, 15) is 18.0 Å². The quantitative estimate of drug-likeness (QED) is 0.309. The van der Waals surface area contributed by atoms with Gasteiger partial charge < -0.3 is 15.8 Å². The van der Waals surface area contributed by atoms with Crippen LogP contribution in [-0.4, -0.2) is 23.0 Å². The van der Waals surface area contributed by atoms with Gasteiger partial charge in [0.15, 0.2) is 0 Å². The number of hydrogen-bond acceptors (Lipinski definition) is 5. The normalized spacial score (nSPS) is 11.6. The van der Waals surface area contributed by atoms with Crippen molar-refractivity contribution in [3.8, 4) is 16.9 Å². The van der Waals surface area contributed by atoms with Gasteiger partial charge in [0.05, 0.1) is 23.8 Å². The number of benzene rings is 4.